The highest BCUT2D eigenvalue weighted by molar-refractivity contribution is 7.91. The van der Waals surface area contributed by atoms with Crippen LogP contribution in [0, 0.1) is 0 Å². The lowest BCUT2D eigenvalue weighted by Gasteiger charge is -2.32. The van der Waals surface area contributed by atoms with Gasteiger partial charge >= 0.3 is 0 Å². The van der Waals surface area contributed by atoms with Crippen LogP contribution in [0.3, 0.4) is 0 Å². The highest BCUT2D eigenvalue weighted by atomic mass is 32.2. The van der Waals surface area contributed by atoms with Gasteiger partial charge in [-0.25, -0.2) is 8.42 Å². The van der Waals surface area contributed by atoms with Gasteiger partial charge in [-0.1, -0.05) is 12.1 Å². The van der Waals surface area contributed by atoms with Gasteiger partial charge in [0, 0.05) is 19.6 Å². The quantitative estimate of drug-likeness (QED) is 0.793. The number of nitrogens with zero attached hydrogens (tertiary/aromatic N) is 1. The summed E-state index contributed by atoms with van der Waals surface area (Å²) >= 11 is 0. The summed E-state index contributed by atoms with van der Waals surface area (Å²) < 4.78 is 34.3. The lowest BCUT2D eigenvalue weighted by molar-refractivity contribution is 0.0610. The molecule has 0 aliphatic carbocycles. The summed E-state index contributed by atoms with van der Waals surface area (Å²) in [6, 6.07) is 7.61. The van der Waals surface area contributed by atoms with Crippen molar-refractivity contribution >= 4 is 9.84 Å². The zero-order valence-corrected chi connectivity index (χ0v) is 11.4. The van der Waals surface area contributed by atoms with E-state index in [9.17, 15) is 8.42 Å². The minimum Gasteiger partial charge on any atom is -0.486 e. The molecule has 1 atom stereocenters. The molecule has 0 spiro atoms. The Kier molecular flexibility index (Phi) is 3.36. The van der Waals surface area contributed by atoms with Crippen molar-refractivity contribution in [2.45, 2.75) is 6.10 Å². The fraction of sp³-hybridized carbons (Fsp3) is 0.538. The predicted octanol–water partition coefficient (Wildman–Crippen LogP) is 0.557. The molecule has 0 radical (unpaired) electrons. The molecule has 0 N–H and O–H groups in total. The van der Waals surface area contributed by atoms with Gasteiger partial charge in [0.15, 0.2) is 21.3 Å². The molecule has 2 aliphatic rings. The van der Waals surface area contributed by atoms with E-state index in [0.717, 1.165) is 11.5 Å². The van der Waals surface area contributed by atoms with E-state index < -0.39 is 9.84 Å². The maximum atomic E-state index is 11.4. The molecule has 1 fully saturated rings. The first-order valence-corrected chi connectivity index (χ1v) is 8.26. The Labute approximate surface area is 113 Å². The minimum atomic E-state index is -2.82. The third-order valence-electron chi connectivity index (χ3n) is 3.47. The lowest BCUT2D eigenvalue weighted by atomic mass is 10.2. The molecule has 5 nitrogen and oxygen atoms in total. The highest BCUT2D eigenvalue weighted by Crippen LogP contribution is 2.31. The van der Waals surface area contributed by atoms with Crippen molar-refractivity contribution in [2.24, 2.45) is 0 Å². The molecule has 0 aromatic heterocycles. The van der Waals surface area contributed by atoms with Crippen LogP contribution in [0.25, 0.3) is 0 Å². The summed E-state index contributed by atoms with van der Waals surface area (Å²) in [4.78, 5) is 2.13. The third-order valence-corrected chi connectivity index (χ3v) is 5.08. The van der Waals surface area contributed by atoms with Crippen LogP contribution in [-0.4, -0.2) is 57.2 Å². The van der Waals surface area contributed by atoms with Crippen LogP contribution in [0.2, 0.25) is 0 Å². The van der Waals surface area contributed by atoms with Gasteiger partial charge in [-0.15, -0.1) is 0 Å². The molecule has 1 aromatic carbocycles. The molecule has 0 saturated carbocycles. The number of hydrogen-bond donors (Lipinski definition) is 0. The standard InChI is InChI=1S/C13H17NO4S/c15-19(16)7-5-14(6-8-19)9-11-10-17-12-3-1-2-4-13(12)18-11/h1-4,11H,5-10H2/t11-/m0/s1. The first kappa shape index (κ1) is 12.7. The number of rotatable bonds is 2. The number of benzene rings is 1. The van der Waals surface area contributed by atoms with E-state index in [4.69, 9.17) is 9.47 Å². The minimum absolute atomic E-state index is 0.0318. The summed E-state index contributed by atoms with van der Waals surface area (Å²) in [7, 11) is -2.82. The number of hydrogen-bond acceptors (Lipinski definition) is 5. The van der Waals surface area contributed by atoms with Crippen LogP contribution >= 0.6 is 0 Å². The Hall–Kier alpha value is -1.27. The van der Waals surface area contributed by atoms with E-state index in [-0.39, 0.29) is 17.6 Å². The average molecular weight is 283 g/mol. The molecule has 1 saturated heterocycles. The molecular formula is C13H17NO4S. The summed E-state index contributed by atoms with van der Waals surface area (Å²) in [5, 5.41) is 0. The first-order valence-electron chi connectivity index (χ1n) is 6.44. The molecule has 2 heterocycles. The molecule has 2 aliphatic heterocycles. The van der Waals surface area contributed by atoms with Crippen molar-refractivity contribution in [3.63, 3.8) is 0 Å². The third kappa shape index (κ3) is 3.01. The predicted molar refractivity (Wildman–Crippen MR) is 71.4 cm³/mol. The van der Waals surface area contributed by atoms with Gasteiger partial charge in [0.05, 0.1) is 11.5 Å². The van der Waals surface area contributed by atoms with Crippen LogP contribution < -0.4 is 9.47 Å². The summed E-state index contributed by atoms with van der Waals surface area (Å²) in [5.74, 6) is 2.04. The lowest BCUT2D eigenvalue weighted by Crippen LogP contribution is -2.47. The summed E-state index contributed by atoms with van der Waals surface area (Å²) in [6.45, 7) is 2.40. The summed E-state index contributed by atoms with van der Waals surface area (Å²) in [6.07, 6.45) is -0.0318. The molecule has 19 heavy (non-hydrogen) atoms. The Morgan fingerprint density at radius 2 is 1.84 bits per heavy atom. The molecule has 0 unspecified atom stereocenters. The molecule has 6 heteroatoms. The molecular weight excluding hydrogens is 266 g/mol. The summed E-state index contributed by atoms with van der Waals surface area (Å²) in [5.41, 5.74) is 0. The topological polar surface area (TPSA) is 55.8 Å². The highest BCUT2D eigenvalue weighted by Gasteiger charge is 2.27. The second kappa shape index (κ2) is 5.02. The molecule has 0 bridgehead atoms. The van der Waals surface area contributed by atoms with E-state index in [1.807, 2.05) is 24.3 Å². The second-order valence-corrected chi connectivity index (χ2v) is 7.25. The van der Waals surface area contributed by atoms with E-state index >= 15 is 0 Å². The van der Waals surface area contributed by atoms with Crippen LogP contribution in [0.4, 0.5) is 0 Å². The van der Waals surface area contributed by atoms with Gasteiger partial charge in [0.25, 0.3) is 0 Å². The molecule has 3 rings (SSSR count). The van der Waals surface area contributed by atoms with Gasteiger partial charge < -0.3 is 9.47 Å². The zero-order chi connectivity index (χ0) is 13.3. The van der Waals surface area contributed by atoms with Crippen molar-refractivity contribution < 1.29 is 17.9 Å². The molecule has 0 amide bonds. The Morgan fingerprint density at radius 3 is 2.58 bits per heavy atom. The smallest absolute Gasteiger partial charge is 0.161 e. The van der Waals surface area contributed by atoms with Crippen molar-refractivity contribution in [3.05, 3.63) is 24.3 Å². The van der Waals surface area contributed by atoms with Gasteiger partial charge in [-0.3, -0.25) is 4.90 Å². The largest absolute Gasteiger partial charge is 0.486 e. The van der Waals surface area contributed by atoms with Crippen molar-refractivity contribution in [2.75, 3.05) is 37.7 Å². The van der Waals surface area contributed by atoms with Crippen molar-refractivity contribution in [1.82, 2.24) is 4.90 Å². The second-order valence-electron chi connectivity index (χ2n) is 4.95. The maximum absolute atomic E-state index is 11.4. The number of sulfone groups is 1. The Bertz CT molecular complexity index is 544. The van der Waals surface area contributed by atoms with E-state index in [2.05, 4.69) is 4.90 Å². The number of fused-ring (bicyclic) bond motifs is 1. The van der Waals surface area contributed by atoms with Gasteiger partial charge in [-0.2, -0.15) is 0 Å². The van der Waals surface area contributed by atoms with Crippen molar-refractivity contribution in [3.8, 4) is 11.5 Å². The average Bonchev–Trinajstić information content (AvgIpc) is 2.41. The Morgan fingerprint density at radius 1 is 1.16 bits per heavy atom. The van der Waals surface area contributed by atoms with E-state index in [1.165, 1.54) is 0 Å². The molecule has 104 valence electrons. The van der Waals surface area contributed by atoms with Crippen molar-refractivity contribution in [1.29, 1.82) is 0 Å². The van der Waals surface area contributed by atoms with Gasteiger partial charge in [-0.05, 0) is 12.1 Å². The van der Waals surface area contributed by atoms with Crippen LogP contribution in [-0.2, 0) is 9.84 Å². The number of para-hydroxylation sites is 2. The Balaban J connectivity index is 1.58. The SMILES string of the molecule is O=S1(=O)CCN(C[C@H]2COc3ccccc3O2)CC1. The molecule has 1 aromatic rings. The fourth-order valence-electron chi connectivity index (χ4n) is 2.37. The monoisotopic (exact) mass is 283 g/mol. The fourth-order valence-corrected chi connectivity index (χ4v) is 3.65. The van der Waals surface area contributed by atoms with Crippen LogP contribution in [0.5, 0.6) is 11.5 Å². The van der Waals surface area contributed by atoms with E-state index in [0.29, 0.717) is 26.2 Å². The van der Waals surface area contributed by atoms with E-state index in [1.54, 1.807) is 0 Å². The van der Waals surface area contributed by atoms with Gasteiger partial charge in [0.2, 0.25) is 0 Å². The first-order chi connectivity index (χ1) is 9.12. The van der Waals surface area contributed by atoms with Gasteiger partial charge in [0.1, 0.15) is 12.7 Å². The maximum Gasteiger partial charge on any atom is 0.161 e. The van der Waals surface area contributed by atoms with Crippen LogP contribution in [0.1, 0.15) is 0 Å². The number of ether oxygens (including phenoxy) is 2. The van der Waals surface area contributed by atoms with Crippen LogP contribution in [0.15, 0.2) is 24.3 Å². The normalized spacial score (nSPS) is 26.0. The zero-order valence-electron chi connectivity index (χ0n) is 10.6.